The second-order valence-corrected chi connectivity index (χ2v) is 17.5. The van der Waals surface area contributed by atoms with Gasteiger partial charge < -0.3 is 40.1 Å². The van der Waals surface area contributed by atoms with Crippen LogP contribution in [0.2, 0.25) is 5.02 Å². The molecule has 18 heteroatoms. The summed E-state index contributed by atoms with van der Waals surface area (Å²) in [6.45, 7) is 6.73. The fourth-order valence-corrected chi connectivity index (χ4v) is 9.24. The number of rotatable bonds is 15. The number of fused-ring (bicyclic) bond motifs is 1. The van der Waals surface area contributed by atoms with Gasteiger partial charge in [-0.05, 0) is 106 Å². The molecule has 0 aromatic heterocycles. The summed E-state index contributed by atoms with van der Waals surface area (Å²) in [6, 6.07) is 9.39. The first-order chi connectivity index (χ1) is 29.6. The predicted octanol–water partition coefficient (Wildman–Crippen LogP) is 6.30. The summed E-state index contributed by atoms with van der Waals surface area (Å²) in [5.41, 5.74) is 5.76. The normalized spacial score (nSPS) is 19.1. The van der Waals surface area contributed by atoms with Crippen molar-refractivity contribution < 1.29 is 46.6 Å². The van der Waals surface area contributed by atoms with Crippen molar-refractivity contribution in [2.45, 2.75) is 89.5 Å². The number of halogens is 4. The molecule has 4 heterocycles. The fourth-order valence-electron chi connectivity index (χ4n) is 8.99. The summed E-state index contributed by atoms with van der Waals surface area (Å²) < 4.78 is 53.0. The Hall–Kier alpha value is -4.77. The van der Waals surface area contributed by atoms with E-state index in [-0.39, 0.29) is 73.1 Å². The molecule has 3 saturated heterocycles. The zero-order valence-electron chi connectivity index (χ0n) is 35.6. The van der Waals surface area contributed by atoms with E-state index in [1.807, 2.05) is 24.3 Å². The van der Waals surface area contributed by atoms with E-state index < -0.39 is 35.5 Å². The van der Waals surface area contributed by atoms with Crippen LogP contribution in [0.25, 0.3) is 0 Å². The average molecular weight is 890 g/mol. The van der Waals surface area contributed by atoms with E-state index in [2.05, 4.69) is 17.1 Å². The summed E-state index contributed by atoms with van der Waals surface area (Å²) in [5.74, 6) is -0.147. The zero-order valence-corrected chi connectivity index (χ0v) is 36.4. The molecule has 0 bridgehead atoms. The van der Waals surface area contributed by atoms with Crippen LogP contribution in [0.1, 0.15) is 75.0 Å². The van der Waals surface area contributed by atoms with Crippen LogP contribution >= 0.6 is 11.6 Å². The number of hydrogen-bond acceptors (Lipinski definition) is 9. The predicted molar refractivity (Wildman–Crippen MR) is 227 cm³/mol. The summed E-state index contributed by atoms with van der Waals surface area (Å²) in [5, 5.41) is 2.65. The minimum Gasteiger partial charge on any atom is -0.465 e. The first-order valence-corrected chi connectivity index (χ1v) is 22.1. The number of benzene rings is 2. The van der Waals surface area contributed by atoms with Crippen molar-refractivity contribution >= 4 is 52.9 Å². The molecular formula is C44H59ClF3N7O7. The highest BCUT2D eigenvalue weighted by Gasteiger charge is 2.37. The van der Waals surface area contributed by atoms with Crippen LogP contribution in [-0.4, -0.2) is 139 Å². The van der Waals surface area contributed by atoms with E-state index >= 15 is 0 Å². The van der Waals surface area contributed by atoms with Crippen molar-refractivity contribution in [1.82, 2.24) is 24.5 Å². The van der Waals surface area contributed by atoms with Crippen molar-refractivity contribution in [2.75, 3.05) is 83.6 Å². The summed E-state index contributed by atoms with van der Waals surface area (Å²) in [7, 11) is 1.58. The van der Waals surface area contributed by atoms with Crippen molar-refractivity contribution in [2.24, 2.45) is 11.8 Å². The van der Waals surface area contributed by atoms with Crippen LogP contribution in [0.15, 0.2) is 36.4 Å². The van der Waals surface area contributed by atoms with Gasteiger partial charge in [-0.2, -0.15) is 13.2 Å². The molecule has 3 fully saturated rings. The van der Waals surface area contributed by atoms with Crippen molar-refractivity contribution in [3.05, 3.63) is 58.1 Å². The number of likely N-dealkylation sites (tertiary alicyclic amines) is 3. The number of piperidine rings is 2. The van der Waals surface area contributed by atoms with Gasteiger partial charge in [-0.25, -0.2) is 9.59 Å². The number of alkyl halides is 3. The monoisotopic (exact) mass is 889 g/mol. The van der Waals surface area contributed by atoms with E-state index in [1.54, 1.807) is 16.8 Å². The number of esters is 1. The Labute approximate surface area is 366 Å². The molecule has 14 nitrogen and oxygen atoms in total. The summed E-state index contributed by atoms with van der Waals surface area (Å²) >= 11 is 6.14. The molecule has 0 saturated carbocycles. The van der Waals surface area contributed by atoms with Gasteiger partial charge in [0.1, 0.15) is 0 Å². The number of nitrogen functional groups attached to an aromatic ring is 1. The lowest BCUT2D eigenvalue weighted by Crippen LogP contribution is -2.51. The Morgan fingerprint density at radius 3 is 2.42 bits per heavy atom. The summed E-state index contributed by atoms with van der Waals surface area (Å²) in [4.78, 5) is 73.7. The first-order valence-electron chi connectivity index (χ1n) is 21.7. The molecule has 0 spiro atoms. The smallest absolute Gasteiger partial charge is 0.418 e. The van der Waals surface area contributed by atoms with Crippen molar-refractivity contribution in [3.63, 3.8) is 0 Å². The summed E-state index contributed by atoms with van der Waals surface area (Å²) in [6.07, 6.45) is -1.35. The maximum absolute atomic E-state index is 14.1. The van der Waals surface area contributed by atoms with Crippen LogP contribution in [0.3, 0.4) is 0 Å². The zero-order chi connectivity index (χ0) is 44.6. The quantitative estimate of drug-likeness (QED) is 0.119. The number of anilines is 2. The first kappa shape index (κ1) is 46.7. The third-order valence-corrected chi connectivity index (χ3v) is 13.1. The molecular weight excluding hydrogens is 831 g/mol. The maximum atomic E-state index is 14.1. The average Bonchev–Trinajstić information content (AvgIpc) is 3.58. The molecule has 6 rings (SSSR count). The number of amides is 5. The number of carbonyl (C=O) groups is 5. The third-order valence-electron chi connectivity index (χ3n) is 12.8. The number of para-hydroxylation sites is 1. The lowest BCUT2D eigenvalue weighted by molar-refractivity contribution is -0.145. The number of carbonyl (C=O) groups excluding carboxylic acids is 5. The van der Waals surface area contributed by atoms with Gasteiger partial charge in [0.25, 0.3) is 5.91 Å². The SMILES string of the molecule is CC(CCN(C)C(=O)[C@@H](Cc1cc(Cl)c(N)c(C(F)(F)F)c1)OC(=O)N1CCC(N2CCc3ccccc3NC2=O)CC1)C1CCN(CC(=O)OCCCN2CCCC2=O)CC1. The van der Waals surface area contributed by atoms with Gasteiger partial charge in [0, 0.05) is 70.9 Å². The molecule has 62 heavy (non-hydrogen) atoms. The minimum absolute atomic E-state index is 0.0329. The highest BCUT2D eigenvalue weighted by molar-refractivity contribution is 6.33. The molecule has 3 N–H and O–H groups in total. The fraction of sp³-hybridized carbons (Fsp3) is 0.614. The van der Waals surface area contributed by atoms with E-state index in [4.69, 9.17) is 26.8 Å². The van der Waals surface area contributed by atoms with Gasteiger partial charge in [-0.1, -0.05) is 36.7 Å². The Balaban J connectivity index is 1.01. The maximum Gasteiger partial charge on any atom is 0.418 e. The second kappa shape index (κ2) is 21.1. The molecule has 4 aliphatic rings. The molecule has 4 aliphatic heterocycles. The topological polar surface area (TPSA) is 158 Å². The van der Waals surface area contributed by atoms with Crippen LogP contribution in [0.4, 0.5) is 34.1 Å². The van der Waals surface area contributed by atoms with Gasteiger partial charge in [0.15, 0.2) is 6.10 Å². The second-order valence-electron chi connectivity index (χ2n) is 17.1. The van der Waals surface area contributed by atoms with Gasteiger partial charge >= 0.3 is 24.3 Å². The van der Waals surface area contributed by atoms with Gasteiger partial charge in [-0.3, -0.25) is 19.3 Å². The van der Waals surface area contributed by atoms with Crippen molar-refractivity contribution in [1.29, 1.82) is 0 Å². The molecule has 0 radical (unpaired) electrons. The molecule has 340 valence electrons. The number of nitrogens with zero attached hydrogens (tertiary/aromatic N) is 5. The number of nitrogens with one attached hydrogen (secondary N) is 1. The molecule has 2 atom stereocenters. The molecule has 2 aromatic carbocycles. The molecule has 5 amide bonds. The van der Waals surface area contributed by atoms with Crippen molar-refractivity contribution in [3.8, 4) is 0 Å². The van der Waals surface area contributed by atoms with E-state index in [0.717, 1.165) is 56.2 Å². The van der Waals surface area contributed by atoms with E-state index in [1.165, 1.54) is 15.9 Å². The number of urea groups is 1. The Morgan fingerprint density at radius 2 is 1.73 bits per heavy atom. The van der Waals surface area contributed by atoms with Gasteiger partial charge in [0.05, 0.1) is 29.4 Å². The van der Waals surface area contributed by atoms with E-state index in [9.17, 15) is 37.1 Å². The van der Waals surface area contributed by atoms with E-state index in [0.29, 0.717) is 64.1 Å². The number of likely N-dealkylation sites (N-methyl/N-ethyl adjacent to an activating group) is 1. The van der Waals surface area contributed by atoms with Gasteiger partial charge in [0.2, 0.25) is 5.91 Å². The largest absolute Gasteiger partial charge is 0.465 e. The standard InChI is InChI=1S/C44H59ClF3N7O7/c1-29(31-11-19-52(20-12-31)28-39(57)61-24-6-17-53-16-5-9-38(53)56)10-18-51(2)41(58)37(27-30-25-34(44(46,47)48)40(49)35(45)26-30)62-43(60)54-21-14-33(15-22-54)55-23-13-32-7-3-4-8-36(32)50-42(55)59/h3-4,7-8,25-26,29,31,33,37H,5-6,9-24,27-28,49H2,1-2H3,(H,50,59)/t29?,37-/m1/s1. The number of ether oxygens (including phenoxy) is 2. The molecule has 2 aromatic rings. The third kappa shape index (κ3) is 12.2. The van der Waals surface area contributed by atoms with Crippen LogP contribution in [-0.2, 0) is 42.9 Å². The van der Waals surface area contributed by atoms with Crippen LogP contribution < -0.4 is 11.1 Å². The highest BCUT2D eigenvalue weighted by atomic mass is 35.5. The Bertz CT molecular complexity index is 1920. The highest BCUT2D eigenvalue weighted by Crippen LogP contribution is 2.38. The number of hydrogen-bond donors (Lipinski definition) is 2. The number of nitrogens with two attached hydrogens (primary N) is 1. The lowest BCUT2D eigenvalue weighted by Gasteiger charge is -2.38. The van der Waals surface area contributed by atoms with Crippen LogP contribution in [0, 0.1) is 11.8 Å². The molecule has 0 aliphatic carbocycles. The Kier molecular flexibility index (Phi) is 15.9. The molecule has 1 unspecified atom stereocenters. The Morgan fingerprint density at radius 1 is 1.00 bits per heavy atom. The van der Waals surface area contributed by atoms with Crippen LogP contribution in [0.5, 0.6) is 0 Å². The lowest BCUT2D eigenvalue weighted by atomic mass is 9.83. The van der Waals surface area contributed by atoms with Gasteiger partial charge in [-0.15, -0.1) is 0 Å². The minimum atomic E-state index is -4.81.